The predicted octanol–water partition coefficient (Wildman–Crippen LogP) is 2.82. The van der Waals surface area contributed by atoms with Crippen LogP contribution in [0.5, 0.6) is 0 Å². The molecule has 124 valence electrons. The Kier molecular flexibility index (Phi) is 5.38. The second-order valence-electron chi connectivity index (χ2n) is 6.09. The Balaban J connectivity index is 1.56. The van der Waals surface area contributed by atoms with Gasteiger partial charge in [0.15, 0.2) is 5.16 Å². The number of carbonyl (C=O) groups is 1. The molecule has 1 fully saturated rings. The van der Waals surface area contributed by atoms with Gasteiger partial charge in [0.25, 0.3) is 0 Å². The Morgan fingerprint density at radius 1 is 1.48 bits per heavy atom. The Bertz CT molecular complexity index is 653. The molecule has 1 aliphatic heterocycles. The van der Waals surface area contributed by atoms with Gasteiger partial charge in [-0.3, -0.25) is 4.79 Å². The third-order valence-corrected chi connectivity index (χ3v) is 6.05. The molecule has 0 radical (unpaired) electrons. The van der Waals surface area contributed by atoms with Crippen LogP contribution in [0.1, 0.15) is 30.5 Å². The molecule has 0 saturated carbocycles. The average Bonchev–Trinajstić information content (AvgIpc) is 3.17. The lowest BCUT2D eigenvalue weighted by Crippen LogP contribution is -2.40. The first-order valence-electron chi connectivity index (χ1n) is 7.94. The quantitative estimate of drug-likeness (QED) is 0.778. The van der Waals surface area contributed by atoms with Crippen molar-refractivity contribution in [2.75, 3.05) is 18.8 Å². The molecular formula is C16H22N4OS2. The number of hydrogen-bond acceptors (Lipinski definition) is 5. The molecule has 1 saturated heterocycles. The van der Waals surface area contributed by atoms with Gasteiger partial charge in [-0.1, -0.05) is 24.8 Å². The van der Waals surface area contributed by atoms with Gasteiger partial charge in [0.1, 0.15) is 5.82 Å². The first-order valence-corrected chi connectivity index (χ1v) is 9.81. The zero-order chi connectivity index (χ0) is 16.2. The molecule has 1 amide bonds. The minimum absolute atomic E-state index is 0.212. The summed E-state index contributed by atoms with van der Waals surface area (Å²) in [6.45, 7) is 4.00. The number of amides is 1. The highest BCUT2D eigenvalue weighted by Gasteiger charge is 2.21. The van der Waals surface area contributed by atoms with Gasteiger partial charge in [-0.05, 0) is 30.2 Å². The van der Waals surface area contributed by atoms with Gasteiger partial charge >= 0.3 is 0 Å². The summed E-state index contributed by atoms with van der Waals surface area (Å²) in [7, 11) is 1.97. The summed E-state index contributed by atoms with van der Waals surface area (Å²) in [5.74, 6) is 2.21. The molecule has 3 heterocycles. The molecule has 2 aromatic heterocycles. The van der Waals surface area contributed by atoms with Gasteiger partial charge in [0.05, 0.1) is 5.75 Å². The van der Waals surface area contributed by atoms with Gasteiger partial charge < -0.3 is 9.47 Å². The largest absolute Gasteiger partial charge is 0.342 e. The van der Waals surface area contributed by atoms with Crippen LogP contribution in [0.2, 0.25) is 0 Å². The number of likely N-dealkylation sites (tertiary alicyclic amines) is 1. The predicted molar refractivity (Wildman–Crippen MR) is 93.8 cm³/mol. The zero-order valence-corrected chi connectivity index (χ0v) is 15.2. The zero-order valence-electron chi connectivity index (χ0n) is 13.6. The average molecular weight is 351 g/mol. The van der Waals surface area contributed by atoms with E-state index in [0.717, 1.165) is 36.9 Å². The molecular weight excluding hydrogens is 328 g/mol. The number of piperidine rings is 1. The van der Waals surface area contributed by atoms with Gasteiger partial charge in [0, 0.05) is 31.4 Å². The van der Waals surface area contributed by atoms with Gasteiger partial charge in [-0.25, -0.2) is 0 Å². The van der Waals surface area contributed by atoms with E-state index >= 15 is 0 Å². The summed E-state index contributed by atoms with van der Waals surface area (Å²) in [5, 5.41) is 11.4. The van der Waals surface area contributed by atoms with E-state index < -0.39 is 0 Å². The van der Waals surface area contributed by atoms with Crippen molar-refractivity contribution in [1.29, 1.82) is 0 Å². The van der Waals surface area contributed by atoms with E-state index in [1.54, 1.807) is 11.3 Å². The number of thioether (sulfide) groups is 1. The summed E-state index contributed by atoms with van der Waals surface area (Å²) in [6.07, 6.45) is 3.14. The Morgan fingerprint density at radius 3 is 3.09 bits per heavy atom. The Hall–Kier alpha value is -1.34. The molecule has 7 heteroatoms. The summed E-state index contributed by atoms with van der Waals surface area (Å²) < 4.78 is 2.00. The highest BCUT2D eigenvalue weighted by atomic mass is 32.2. The van der Waals surface area contributed by atoms with E-state index in [2.05, 4.69) is 28.6 Å². The number of aromatic nitrogens is 3. The van der Waals surface area contributed by atoms with E-state index in [4.69, 9.17) is 0 Å². The van der Waals surface area contributed by atoms with Crippen LogP contribution in [0, 0.1) is 5.92 Å². The second kappa shape index (κ2) is 7.49. The van der Waals surface area contributed by atoms with E-state index in [-0.39, 0.29) is 5.91 Å². The van der Waals surface area contributed by atoms with Crippen LogP contribution in [-0.4, -0.2) is 44.4 Å². The van der Waals surface area contributed by atoms with Crippen molar-refractivity contribution >= 4 is 29.0 Å². The Morgan fingerprint density at radius 2 is 2.35 bits per heavy atom. The van der Waals surface area contributed by atoms with Crippen molar-refractivity contribution in [3.8, 4) is 0 Å². The van der Waals surface area contributed by atoms with Crippen molar-refractivity contribution < 1.29 is 4.79 Å². The lowest BCUT2D eigenvalue weighted by atomic mass is 10.0. The molecule has 0 spiro atoms. The molecule has 23 heavy (non-hydrogen) atoms. The SMILES string of the molecule is CC1CCCN(C(=O)CSc2nnc(Cc3cccs3)n2C)C1. The molecule has 3 rings (SSSR count). The van der Waals surface area contributed by atoms with Crippen LogP contribution < -0.4 is 0 Å². The normalized spacial score (nSPS) is 18.3. The number of nitrogens with zero attached hydrogens (tertiary/aromatic N) is 4. The van der Waals surface area contributed by atoms with E-state index in [1.807, 2.05) is 22.6 Å². The van der Waals surface area contributed by atoms with Gasteiger partial charge in [-0.15, -0.1) is 21.5 Å². The smallest absolute Gasteiger partial charge is 0.233 e. The Labute approximate surface area is 145 Å². The summed E-state index contributed by atoms with van der Waals surface area (Å²) in [4.78, 5) is 15.6. The summed E-state index contributed by atoms with van der Waals surface area (Å²) in [5.41, 5.74) is 0. The fraction of sp³-hybridized carbons (Fsp3) is 0.562. The van der Waals surface area contributed by atoms with E-state index in [1.165, 1.54) is 23.1 Å². The summed E-state index contributed by atoms with van der Waals surface area (Å²) >= 11 is 3.21. The molecule has 1 aliphatic rings. The molecule has 0 N–H and O–H groups in total. The van der Waals surface area contributed by atoms with Crippen LogP contribution in [0.25, 0.3) is 0 Å². The first kappa shape index (κ1) is 16.5. The number of rotatable bonds is 5. The second-order valence-corrected chi connectivity index (χ2v) is 8.06. The van der Waals surface area contributed by atoms with Crippen LogP contribution in [-0.2, 0) is 18.3 Å². The molecule has 2 aromatic rings. The minimum atomic E-state index is 0.212. The lowest BCUT2D eigenvalue weighted by Gasteiger charge is -2.30. The maximum atomic E-state index is 12.3. The molecule has 0 aliphatic carbocycles. The molecule has 1 atom stereocenters. The fourth-order valence-electron chi connectivity index (χ4n) is 2.83. The van der Waals surface area contributed by atoms with Crippen molar-refractivity contribution in [3.05, 3.63) is 28.2 Å². The molecule has 5 nitrogen and oxygen atoms in total. The molecule has 0 bridgehead atoms. The van der Waals surface area contributed by atoms with Crippen LogP contribution in [0.15, 0.2) is 22.7 Å². The fourth-order valence-corrected chi connectivity index (χ4v) is 4.36. The van der Waals surface area contributed by atoms with Crippen molar-refractivity contribution in [2.45, 2.75) is 31.3 Å². The summed E-state index contributed by atoms with van der Waals surface area (Å²) in [6, 6.07) is 4.15. The number of thiophene rings is 1. The minimum Gasteiger partial charge on any atom is -0.342 e. The number of hydrogen-bond donors (Lipinski definition) is 0. The highest BCUT2D eigenvalue weighted by Crippen LogP contribution is 2.21. The molecule has 1 unspecified atom stereocenters. The number of carbonyl (C=O) groups excluding carboxylic acids is 1. The van der Waals surface area contributed by atoms with Crippen molar-refractivity contribution in [1.82, 2.24) is 19.7 Å². The van der Waals surface area contributed by atoms with E-state index in [9.17, 15) is 4.79 Å². The maximum Gasteiger partial charge on any atom is 0.233 e. The topological polar surface area (TPSA) is 51.0 Å². The van der Waals surface area contributed by atoms with Gasteiger partial charge in [-0.2, -0.15) is 0 Å². The third kappa shape index (κ3) is 4.14. The highest BCUT2D eigenvalue weighted by molar-refractivity contribution is 7.99. The lowest BCUT2D eigenvalue weighted by molar-refractivity contribution is -0.130. The third-order valence-electron chi connectivity index (χ3n) is 4.17. The van der Waals surface area contributed by atoms with Crippen molar-refractivity contribution in [3.63, 3.8) is 0 Å². The maximum absolute atomic E-state index is 12.3. The standard InChI is InChI=1S/C16H22N4OS2/c1-12-5-3-7-20(10-12)15(21)11-23-16-18-17-14(19(16)2)9-13-6-4-8-22-13/h4,6,8,12H,3,5,7,9-11H2,1-2H3. The molecule has 0 aromatic carbocycles. The monoisotopic (exact) mass is 350 g/mol. The van der Waals surface area contributed by atoms with E-state index in [0.29, 0.717) is 11.7 Å². The van der Waals surface area contributed by atoms with Crippen molar-refractivity contribution in [2.24, 2.45) is 13.0 Å². The van der Waals surface area contributed by atoms with Crippen LogP contribution >= 0.6 is 23.1 Å². The van der Waals surface area contributed by atoms with Crippen LogP contribution in [0.4, 0.5) is 0 Å². The first-order chi connectivity index (χ1) is 11.1. The van der Waals surface area contributed by atoms with Crippen LogP contribution in [0.3, 0.4) is 0 Å². The van der Waals surface area contributed by atoms with Gasteiger partial charge in [0.2, 0.25) is 5.91 Å².